The minimum atomic E-state index is 0. The average Bonchev–Trinajstić information content (AvgIpc) is 3.04. The summed E-state index contributed by atoms with van der Waals surface area (Å²) < 4.78 is 5.14. The third kappa shape index (κ3) is 5.10. The topological polar surface area (TPSA) is 26.3 Å². The maximum atomic E-state index is 12.2. The van der Waals surface area contributed by atoms with Gasteiger partial charge in [0, 0.05) is 11.8 Å². The molecular formula is C21H20FeO2+2. The molecule has 10 radical (unpaired) electrons. The quantitative estimate of drug-likeness (QED) is 0.764. The van der Waals surface area contributed by atoms with E-state index in [1.165, 1.54) is 5.56 Å². The first-order chi connectivity index (χ1) is 11.3. The molecule has 2 atom stereocenters. The van der Waals surface area contributed by atoms with Crippen LogP contribution in [-0.2, 0) is 21.9 Å². The third-order valence-corrected chi connectivity index (χ3v) is 4.17. The maximum Gasteiger partial charge on any atom is 2.00 e. The van der Waals surface area contributed by atoms with Crippen LogP contribution in [0.15, 0.2) is 24.3 Å². The molecule has 0 amide bonds. The van der Waals surface area contributed by atoms with Crippen molar-refractivity contribution in [3.63, 3.8) is 0 Å². The Kier molecular flexibility index (Phi) is 7.84. The van der Waals surface area contributed by atoms with Crippen molar-refractivity contribution < 1.29 is 26.6 Å². The Balaban J connectivity index is 0.000000300. The molecule has 3 aliphatic carbocycles. The fourth-order valence-corrected chi connectivity index (χ4v) is 2.78. The van der Waals surface area contributed by atoms with E-state index in [-0.39, 0.29) is 28.8 Å². The van der Waals surface area contributed by atoms with Gasteiger partial charge in [-0.15, -0.1) is 0 Å². The summed E-state index contributed by atoms with van der Waals surface area (Å²) in [5, 5.41) is 0. The van der Waals surface area contributed by atoms with Crippen molar-refractivity contribution in [1.82, 2.24) is 0 Å². The summed E-state index contributed by atoms with van der Waals surface area (Å²) in [6, 6.07) is 8.03. The number of ether oxygens (including phenoxy) is 1. The van der Waals surface area contributed by atoms with Gasteiger partial charge in [-0.3, -0.25) is 4.79 Å². The van der Waals surface area contributed by atoms with Crippen LogP contribution in [0.25, 0.3) is 0 Å². The normalized spacial score (nSPS) is 25.4. The molecule has 3 heteroatoms. The first kappa shape index (κ1) is 19.5. The molecule has 24 heavy (non-hydrogen) atoms. The molecule has 0 spiro atoms. The van der Waals surface area contributed by atoms with Gasteiger partial charge in [0.15, 0.2) is 0 Å². The monoisotopic (exact) mass is 360 g/mol. The Morgan fingerprint density at radius 2 is 1.46 bits per heavy atom. The summed E-state index contributed by atoms with van der Waals surface area (Å²) >= 11 is 0. The zero-order valence-electron chi connectivity index (χ0n) is 13.5. The largest absolute Gasteiger partial charge is 2.00 e. The first-order valence-corrected chi connectivity index (χ1v) is 7.86. The van der Waals surface area contributed by atoms with Gasteiger partial charge in [-0.25, -0.2) is 0 Å². The van der Waals surface area contributed by atoms with E-state index >= 15 is 0 Å². The molecule has 4 rings (SSSR count). The van der Waals surface area contributed by atoms with Gasteiger partial charge in [-0.1, -0.05) is 12.1 Å². The molecule has 1 aromatic carbocycles. The molecule has 122 valence electrons. The molecule has 0 saturated heterocycles. The van der Waals surface area contributed by atoms with Crippen LogP contribution < -0.4 is 4.74 Å². The molecule has 2 nitrogen and oxygen atoms in total. The SMILES string of the molecule is COc1ccc(C2CC2C(=O)[C]2[CH][CH][CH][CH]2)cc1.[CH]1[CH][CH][CH][CH]1.[Fe+2]. The van der Waals surface area contributed by atoms with E-state index in [2.05, 4.69) is 12.1 Å². The molecule has 0 bridgehead atoms. The predicted molar refractivity (Wildman–Crippen MR) is 90.8 cm³/mol. The number of carbonyl (C=O) groups excluding carboxylic acids is 1. The van der Waals surface area contributed by atoms with Gasteiger partial charge in [0.2, 0.25) is 0 Å². The summed E-state index contributed by atoms with van der Waals surface area (Å²) in [7, 11) is 1.66. The van der Waals surface area contributed by atoms with Crippen molar-refractivity contribution >= 4 is 5.78 Å². The zero-order chi connectivity index (χ0) is 16.1. The van der Waals surface area contributed by atoms with Crippen LogP contribution in [0.3, 0.4) is 0 Å². The predicted octanol–water partition coefficient (Wildman–Crippen LogP) is 3.79. The Labute approximate surface area is 157 Å². The Morgan fingerprint density at radius 1 is 0.917 bits per heavy atom. The number of ketones is 1. The number of benzene rings is 1. The first-order valence-electron chi connectivity index (χ1n) is 7.86. The van der Waals surface area contributed by atoms with Gasteiger partial charge in [-0.2, -0.15) is 0 Å². The number of carbonyl (C=O) groups is 1. The molecule has 2 unspecified atom stereocenters. The van der Waals surface area contributed by atoms with E-state index < -0.39 is 0 Å². The van der Waals surface area contributed by atoms with Crippen LogP contribution in [0.1, 0.15) is 17.9 Å². The van der Waals surface area contributed by atoms with Crippen LogP contribution in [0.2, 0.25) is 0 Å². The summed E-state index contributed by atoms with van der Waals surface area (Å²) in [6.07, 6.45) is 18.6. The fraction of sp³-hybridized carbons (Fsp3) is 0.190. The Hall–Kier alpha value is -0.791. The third-order valence-electron chi connectivity index (χ3n) is 4.17. The van der Waals surface area contributed by atoms with Gasteiger partial charge in [0.05, 0.1) is 7.11 Å². The Morgan fingerprint density at radius 3 is 1.96 bits per heavy atom. The number of hydrogen-bond donors (Lipinski definition) is 0. The standard InChI is InChI=1S/C16H15O2.C5H5.Fe/c1-18-13-8-6-11(7-9-13)14-10-15(14)16(17)12-4-2-3-5-12;1-2-4-5-3-1;/h2-9,14-15H,10H2,1H3;1-5H;/q;;+2. The molecule has 3 fully saturated rings. The van der Waals surface area contributed by atoms with Crippen LogP contribution in [-0.4, -0.2) is 12.9 Å². The summed E-state index contributed by atoms with van der Waals surface area (Å²) in [6.45, 7) is 0. The van der Waals surface area contributed by atoms with Crippen molar-refractivity contribution in [2.24, 2.45) is 5.92 Å². The van der Waals surface area contributed by atoms with Gasteiger partial charge >= 0.3 is 17.1 Å². The number of rotatable bonds is 4. The summed E-state index contributed by atoms with van der Waals surface area (Å²) in [5.74, 6) is 2.54. The molecule has 0 aliphatic heterocycles. The van der Waals surface area contributed by atoms with E-state index in [4.69, 9.17) is 4.74 Å². The van der Waals surface area contributed by atoms with E-state index in [1.54, 1.807) is 7.11 Å². The second kappa shape index (κ2) is 9.63. The number of methoxy groups -OCH3 is 1. The second-order valence-electron chi connectivity index (χ2n) is 5.72. The Bertz CT molecular complexity index is 493. The summed E-state index contributed by atoms with van der Waals surface area (Å²) in [5.41, 5.74) is 1.24. The van der Waals surface area contributed by atoms with E-state index in [0.29, 0.717) is 5.92 Å². The second-order valence-corrected chi connectivity index (χ2v) is 5.72. The average molecular weight is 360 g/mol. The van der Waals surface area contributed by atoms with Gasteiger partial charge in [0.25, 0.3) is 0 Å². The van der Waals surface area contributed by atoms with Crippen molar-refractivity contribution in [2.75, 3.05) is 7.11 Å². The molecule has 3 aliphatic rings. The van der Waals surface area contributed by atoms with Crippen LogP contribution in [0.4, 0.5) is 0 Å². The fourth-order valence-electron chi connectivity index (χ4n) is 2.78. The van der Waals surface area contributed by atoms with Crippen LogP contribution >= 0.6 is 0 Å². The minimum absolute atomic E-state index is 0. The number of Topliss-reactive ketones (excluding diaryl/α,β-unsaturated/α-hetero) is 1. The molecule has 3 saturated carbocycles. The van der Waals surface area contributed by atoms with Crippen molar-refractivity contribution in [3.8, 4) is 5.75 Å². The van der Waals surface area contributed by atoms with E-state index in [9.17, 15) is 4.79 Å². The minimum Gasteiger partial charge on any atom is -0.497 e. The molecular weight excluding hydrogens is 340 g/mol. The van der Waals surface area contributed by atoms with Gasteiger partial charge in [-0.05, 0) is 87.8 Å². The molecule has 0 N–H and O–H groups in total. The van der Waals surface area contributed by atoms with Crippen molar-refractivity contribution in [2.45, 2.75) is 12.3 Å². The smallest absolute Gasteiger partial charge is 0.497 e. The van der Waals surface area contributed by atoms with E-state index in [0.717, 1.165) is 18.1 Å². The molecule has 1 aromatic rings. The van der Waals surface area contributed by atoms with Crippen molar-refractivity contribution in [1.29, 1.82) is 0 Å². The maximum absolute atomic E-state index is 12.2. The number of hydrogen-bond acceptors (Lipinski definition) is 2. The van der Waals surface area contributed by atoms with Crippen LogP contribution in [0.5, 0.6) is 5.75 Å². The van der Waals surface area contributed by atoms with Crippen molar-refractivity contribution in [3.05, 3.63) is 93.5 Å². The van der Waals surface area contributed by atoms with Gasteiger partial charge < -0.3 is 4.74 Å². The zero-order valence-corrected chi connectivity index (χ0v) is 14.6. The van der Waals surface area contributed by atoms with Gasteiger partial charge in [0.1, 0.15) is 11.5 Å². The molecule has 0 heterocycles. The summed E-state index contributed by atoms with van der Waals surface area (Å²) in [4.78, 5) is 12.2. The van der Waals surface area contributed by atoms with E-state index in [1.807, 2.05) is 69.9 Å². The van der Waals surface area contributed by atoms with Crippen LogP contribution in [0, 0.1) is 69.6 Å². The molecule has 0 aromatic heterocycles.